The van der Waals surface area contributed by atoms with Crippen LogP contribution in [0.1, 0.15) is 56.5 Å². The van der Waals surface area contributed by atoms with Crippen LogP contribution in [0.3, 0.4) is 0 Å². The number of amides is 1. The third-order valence-electron chi connectivity index (χ3n) is 7.50. The number of nitriles is 1. The summed E-state index contributed by atoms with van der Waals surface area (Å²) in [5.41, 5.74) is 0.235. The molecule has 8 heteroatoms. The monoisotopic (exact) mass is 494 g/mol. The molecule has 1 aliphatic heterocycles. The van der Waals surface area contributed by atoms with Crippen LogP contribution in [-0.4, -0.2) is 42.4 Å². The minimum absolute atomic E-state index is 0.122. The van der Waals surface area contributed by atoms with Crippen LogP contribution in [0.15, 0.2) is 36.5 Å². The number of aromatic nitrogens is 1. The fourth-order valence-electron chi connectivity index (χ4n) is 5.78. The van der Waals surface area contributed by atoms with E-state index in [0.717, 1.165) is 38.0 Å². The molecule has 1 N–H and O–H groups in total. The molecule has 0 bridgehead atoms. The summed E-state index contributed by atoms with van der Waals surface area (Å²) in [7, 11) is 0. The minimum atomic E-state index is -0.337. The number of halogens is 1. The molecule has 0 atom stereocenters. The maximum absolute atomic E-state index is 13.1. The number of carbonyl (C=O) groups is 2. The Morgan fingerprint density at radius 3 is 2.43 bits per heavy atom. The normalized spacial score (nSPS) is 23.0. The average Bonchev–Trinajstić information content (AvgIpc) is 2.85. The van der Waals surface area contributed by atoms with Crippen molar-refractivity contribution in [2.45, 2.75) is 52.7 Å². The summed E-state index contributed by atoms with van der Waals surface area (Å²) >= 11 is 6.17. The Kier molecular flexibility index (Phi) is 6.79. The second-order valence-electron chi connectivity index (χ2n) is 10.7. The molecule has 0 unspecified atom stereocenters. The number of pyridine rings is 1. The van der Waals surface area contributed by atoms with E-state index in [2.05, 4.69) is 49.0 Å². The number of ether oxygens (including phenoxy) is 1. The van der Waals surface area contributed by atoms with Gasteiger partial charge in [0.25, 0.3) is 5.91 Å². The summed E-state index contributed by atoms with van der Waals surface area (Å²) in [5.74, 6) is 1.38. The highest BCUT2D eigenvalue weighted by molar-refractivity contribution is 6.31. The highest BCUT2D eigenvalue weighted by Gasteiger charge is 2.64. The van der Waals surface area contributed by atoms with E-state index < -0.39 is 0 Å². The van der Waals surface area contributed by atoms with Crippen molar-refractivity contribution in [2.75, 3.05) is 18.0 Å². The SMILES string of the molecule is CC1(C)C(NC(=O)c2ccc(N3CCC(C=O)CC3)nc2)C(C)(C)C1Oc1ccc(C#N)c(Cl)c1. The molecule has 1 saturated heterocycles. The number of carbonyl (C=O) groups excluding carboxylic acids is 2. The van der Waals surface area contributed by atoms with Crippen LogP contribution in [0.5, 0.6) is 5.75 Å². The minimum Gasteiger partial charge on any atom is -0.489 e. The number of hydrogen-bond acceptors (Lipinski definition) is 6. The first-order valence-corrected chi connectivity index (χ1v) is 12.3. The molecular weight excluding hydrogens is 464 g/mol. The molecule has 35 heavy (non-hydrogen) atoms. The van der Waals surface area contributed by atoms with Gasteiger partial charge in [-0.25, -0.2) is 4.98 Å². The quantitative estimate of drug-likeness (QED) is 0.588. The first-order valence-electron chi connectivity index (χ1n) is 11.9. The van der Waals surface area contributed by atoms with Gasteiger partial charge in [-0.05, 0) is 37.1 Å². The topological polar surface area (TPSA) is 95.3 Å². The van der Waals surface area contributed by atoms with E-state index in [1.54, 1.807) is 30.5 Å². The standard InChI is InChI=1S/C27H31ClN4O3/c1-26(2)24(27(3,4)25(26)35-20-7-5-18(14-29)21(28)13-20)31-23(34)19-6-8-22(30-15-19)32-11-9-17(16-33)10-12-32/h5-8,13,15-17,24-25H,9-12H2,1-4H3,(H,31,34). The number of rotatable bonds is 6. The Morgan fingerprint density at radius 2 is 1.89 bits per heavy atom. The summed E-state index contributed by atoms with van der Waals surface area (Å²) in [5, 5.41) is 12.6. The second-order valence-corrected chi connectivity index (χ2v) is 11.1. The number of aldehydes is 1. The molecule has 184 valence electrons. The summed E-state index contributed by atoms with van der Waals surface area (Å²) in [6, 6.07) is 10.7. The molecule has 2 heterocycles. The first-order chi connectivity index (χ1) is 16.6. The smallest absolute Gasteiger partial charge is 0.253 e. The molecule has 1 aromatic heterocycles. The Labute approximate surface area is 211 Å². The van der Waals surface area contributed by atoms with Gasteiger partial charge in [-0.15, -0.1) is 0 Å². The Hall–Kier alpha value is -3.11. The van der Waals surface area contributed by atoms with Crippen molar-refractivity contribution in [2.24, 2.45) is 16.7 Å². The molecule has 0 radical (unpaired) electrons. The van der Waals surface area contributed by atoms with Crippen LogP contribution in [0.25, 0.3) is 0 Å². The van der Waals surface area contributed by atoms with Crippen LogP contribution in [0.4, 0.5) is 5.82 Å². The predicted octanol–water partition coefficient (Wildman–Crippen LogP) is 4.63. The zero-order valence-electron chi connectivity index (χ0n) is 20.5. The highest BCUT2D eigenvalue weighted by Crippen LogP contribution is 2.55. The Balaban J connectivity index is 1.41. The molecule has 2 aliphatic rings. The second kappa shape index (κ2) is 9.50. The maximum atomic E-state index is 13.1. The lowest BCUT2D eigenvalue weighted by molar-refractivity contribution is -0.164. The average molecular weight is 495 g/mol. The van der Waals surface area contributed by atoms with E-state index in [1.165, 1.54) is 0 Å². The molecule has 1 aromatic carbocycles. The van der Waals surface area contributed by atoms with E-state index >= 15 is 0 Å². The van der Waals surface area contributed by atoms with Crippen molar-refractivity contribution in [3.05, 3.63) is 52.7 Å². The van der Waals surface area contributed by atoms with Crippen molar-refractivity contribution < 1.29 is 14.3 Å². The van der Waals surface area contributed by atoms with Gasteiger partial charge in [0.15, 0.2) is 0 Å². The van der Waals surface area contributed by atoms with Crippen molar-refractivity contribution in [1.29, 1.82) is 5.26 Å². The van der Waals surface area contributed by atoms with Crippen LogP contribution in [0.2, 0.25) is 5.02 Å². The summed E-state index contributed by atoms with van der Waals surface area (Å²) in [6.45, 7) is 9.87. The fraction of sp³-hybridized carbons (Fsp3) is 0.481. The van der Waals surface area contributed by atoms with Gasteiger partial charge in [0.1, 0.15) is 30.0 Å². The van der Waals surface area contributed by atoms with Crippen LogP contribution >= 0.6 is 11.6 Å². The van der Waals surface area contributed by atoms with Gasteiger partial charge in [0, 0.05) is 48.1 Å². The fourth-order valence-corrected chi connectivity index (χ4v) is 6.00. The molecule has 2 aromatic rings. The lowest BCUT2D eigenvalue weighted by Crippen LogP contribution is -2.74. The molecular formula is C27H31ClN4O3. The van der Waals surface area contributed by atoms with Crippen molar-refractivity contribution in [1.82, 2.24) is 10.3 Å². The number of anilines is 1. The third kappa shape index (κ3) is 4.72. The zero-order valence-corrected chi connectivity index (χ0v) is 21.3. The molecule has 2 fully saturated rings. The number of nitrogens with one attached hydrogen (secondary N) is 1. The summed E-state index contributed by atoms with van der Waals surface area (Å²) in [6.07, 6.45) is 4.14. The van der Waals surface area contributed by atoms with Gasteiger partial charge in [0.05, 0.1) is 16.1 Å². The molecule has 1 amide bonds. The van der Waals surface area contributed by atoms with Crippen molar-refractivity contribution in [3.8, 4) is 11.8 Å². The zero-order chi connectivity index (χ0) is 25.4. The van der Waals surface area contributed by atoms with Crippen LogP contribution < -0.4 is 15.0 Å². The third-order valence-corrected chi connectivity index (χ3v) is 7.81. The summed E-state index contributed by atoms with van der Waals surface area (Å²) < 4.78 is 6.29. The predicted molar refractivity (Wildman–Crippen MR) is 135 cm³/mol. The van der Waals surface area contributed by atoms with E-state index in [9.17, 15) is 9.59 Å². The van der Waals surface area contributed by atoms with E-state index in [0.29, 0.717) is 21.9 Å². The maximum Gasteiger partial charge on any atom is 0.253 e. The van der Waals surface area contributed by atoms with Crippen LogP contribution in [0, 0.1) is 28.1 Å². The van der Waals surface area contributed by atoms with Crippen LogP contribution in [-0.2, 0) is 4.79 Å². The van der Waals surface area contributed by atoms with Gasteiger partial charge in [-0.2, -0.15) is 5.26 Å². The lowest BCUT2D eigenvalue weighted by atomic mass is 9.49. The van der Waals surface area contributed by atoms with E-state index in [4.69, 9.17) is 21.6 Å². The molecule has 7 nitrogen and oxygen atoms in total. The van der Waals surface area contributed by atoms with Gasteiger partial charge in [0.2, 0.25) is 0 Å². The molecule has 1 aliphatic carbocycles. The van der Waals surface area contributed by atoms with Crippen molar-refractivity contribution in [3.63, 3.8) is 0 Å². The first kappa shape index (κ1) is 25.0. The van der Waals surface area contributed by atoms with Gasteiger partial charge >= 0.3 is 0 Å². The van der Waals surface area contributed by atoms with Crippen molar-refractivity contribution >= 4 is 29.6 Å². The highest BCUT2D eigenvalue weighted by atomic mass is 35.5. The summed E-state index contributed by atoms with van der Waals surface area (Å²) in [4.78, 5) is 30.7. The van der Waals surface area contributed by atoms with E-state index in [-0.39, 0.29) is 34.8 Å². The molecule has 4 rings (SSSR count). The van der Waals surface area contributed by atoms with Gasteiger partial charge < -0.3 is 19.7 Å². The largest absolute Gasteiger partial charge is 0.489 e. The lowest BCUT2D eigenvalue weighted by Gasteiger charge is -2.63. The van der Waals surface area contributed by atoms with Gasteiger partial charge in [-0.3, -0.25) is 4.79 Å². The number of benzene rings is 1. The number of nitrogens with zero attached hydrogens (tertiary/aromatic N) is 3. The van der Waals surface area contributed by atoms with Gasteiger partial charge in [-0.1, -0.05) is 39.3 Å². The Morgan fingerprint density at radius 1 is 1.20 bits per heavy atom. The molecule has 1 saturated carbocycles. The molecule has 0 spiro atoms. The van der Waals surface area contributed by atoms with E-state index in [1.807, 2.05) is 6.07 Å². The Bertz CT molecular complexity index is 1130. The number of hydrogen-bond donors (Lipinski definition) is 1. The number of piperidine rings is 1.